The molecule has 0 atom stereocenters. The molecule has 0 spiro atoms. The smallest absolute Gasteiger partial charge is 0.115 e. The van der Waals surface area contributed by atoms with E-state index in [1.54, 1.807) is 0 Å². The Bertz CT molecular complexity index is 113. The fourth-order valence-corrected chi connectivity index (χ4v) is 9.83. The molecular weight excluding hydrogens is 166 g/mol. The van der Waals surface area contributed by atoms with Crippen LogP contribution in [0.2, 0.25) is 32.2 Å². The highest BCUT2D eigenvalue weighted by molar-refractivity contribution is 6.83. The predicted octanol–water partition coefficient (Wildman–Crippen LogP) is 2.52. The molecule has 0 fully saturated rings. The van der Waals surface area contributed by atoms with Gasteiger partial charge in [-0.1, -0.05) is 40.0 Å². The molecule has 0 N–H and O–H groups in total. The summed E-state index contributed by atoms with van der Waals surface area (Å²) in [6, 6.07) is 1.39. The highest BCUT2D eigenvalue weighted by atomic mass is 28.4. The zero-order valence-corrected chi connectivity index (χ0v) is 11.1. The Morgan fingerprint density at radius 3 is 1.73 bits per heavy atom. The minimum absolute atomic E-state index is 0.533. The van der Waals surface area contributed by atoms with Crippen LogP contribution in [0.15, 0.2) is 0 Å². The second-order valence-electron chi connectivity index (χ2n) is 4.05. The first-order chi connectivity index (χ1) is 4.95. The summed E-state index contributed by atoms with van der Waals surface area (Å²) >= 11 is 0. The van der Waals surface area contributed by atoms with Crippen LogP contribution in [0.4, 0.5) is 0 Å². The Hall–Kier alpha value is 0.394. The van der Waals surface area contributed by atoms with Crippen LogP contribution in [0, 0.1) is 0 Å². The van der Waals surface area contributed by atoms with E-state index in [0.29, 0.717) is 0 Å². The Morgan fingerprint density at radius 1 is 1.18 bits per heavy atom. The molecule has 11 heavy (non-hydrogen) atoms. The number of rotatable bonds is 4. The Kier molecular flexibility index (Phi) is 4.59. The van der Waals surface area contributed by atoms with Crippen molar-refractivity contribution in [3.63, 3.8) is 0 Å². The maximum absolute atomic E-state index is 2.81. The highest BCUT2D eigenvalue weighted by Gasteiger charge is 2.27. The molecule has 0 aliphatic heterocycles. The number of hydrogen-bond donors (Lipinski definition) is 0. The van der Waals surface area contributed by atoms with Crippen molar-refractivity contribution in [2.45, 2.75) is 46.1 Å². The minimum atomic E-state index is -0.975. The van der Waals surface area contributed by atoms with Gasteiger partial charge in [0, 0.05) is 0 Å². The fraction of sp³-hybridized carbons (Fsp3) is 1.00. The van der Waals surface area contributed by atoms with E-state index >= 15 is 0 Å². The van der Waals surface area contributed by atoms with Crippen LogP contribution >= 0.6 is 0 Å². The summed E-state index contributed by atoms with van der Waals surface area (Å²) in [5.74, 6) is 0. The van der Waals surface area contributed by atoms with Crippen molar-refractivity contribution in [3.05, 3.63) is 0 Å². The van der Waals surface area contributed by atoms with Gasteiger partial charge in [0.05, 0.1) is 8.96 Å². The lowest BCUT2D eigenvalue weighted by Crippen LogP contribution is -2.53. The lowest BCUT2D eigenvalue weighted by molar-refractivity contribution is 0.661. The predicted molar refractivity (Wildman–Crippen MR) is 59.2 cm³/mol. The Labute approximate surface area is 74.6 Å². The molecule has 0 saturated heterocycles. The first-order valence-electron chi connectivity index (χ1n) is 4.72. The molecule has 0 saturated carbocycles. The van der Waals surface area contributed by atoms with Crippen LogP contribution in [-0.4, -0.2) is 28.0 Å². The van der Waals surface area contributed by atoms with Crippen LogP contribution in [0.1, 0.15) is 13.8 Å². The zero-order chi connectivity index (χ0) is 9.07. The summed E-state index contributed by atoms with van der Waals surface area (Å²) in [5.41, 5.74) is 0. The number of nitrogens with zero attached hydrogens (tertiary/aromatic N) is 1. The summed E-state index contributed by atoms with van der Waals surface area (Å²) in [5, 5.41) is 0. The average molecular weight is 189 g/mol. The molecule has 0 amide bonds. The highest BCUT2D eigenvalue weighted by Crippen LogP contribution is 2.15. The van der Waals surface area contributed by atoms with E-state index in [2.05, 4.69) is 44.3 Å². The molecule has 0 heterocycles. The molecule has 0 rings (SSSR count). The largest absolute Gasteiger partial charge is 0.348 e. The molecule has 0 aliphatic rings. The summed E-state index contributed by atoms with van der Waals surface area (Å²) in [6.45, 7) is 15.8. The van der Waals surface area contributed by atoms with E-state index in [9.17, 15) is 0 Å². The van der Waals surface area contributed by atoms with E-state index < -0.39 is 17.2 Å². The average Bonchev–Trinajstić information content (AvgIpc) is 1.88. The third-order valence-electron chi connectivity index (χ3n) is 2.61. The van der Waals surface area contributed by atoms with Crippen molar-refractivity contribution in [1.82, 2.24) is 4.23 Å². The van der Waals surface area contributed by atoms with Crippen molar-refractivity contribution < 1.29 is 0 Å². The summed E-state index contributed by atoms with van der Waals surface area (Å²) in [6.07, 6.45) is 0. The first kappa shape index (κ1) is 11.4. The molecular formula is C8H23NSi2. The summed E-state index contributed by atoms with van der Waals surface area (Å²) in [7, 11) is -1.51. The fourth-order valence-electron chi connectivity index (χ4n) is 1.70. The van der Waals surface area contributed by atoms with E-state index in [4.69, 9.17) is 0 Å². The van der Waals surface area contributed by atoms with Crippen molar-refractivity contribution >= 4 is 17.2 Å². The standard InChI is InChI=1S/C8H23NSi2/c1-7-9(10(3)4)11(5,6)8-2/h10H,7-8H2,1-6H3. The first-order valence-corrected chi connectivity index (χ1v) is 10.7. The van der Waals surface area contributed by atoms with Gasteiger partial charge in [0.2, 0.25) is 0 Å². The van der Waals surface area contributed by atoms with Crippen LogP contribution in [0.25, 0.3) is 0 Å². The van der Waals surface area contributed by atoms with Gasteiger partial charge in [-0.25, -0.2) is 0 Å². The molecule has 68 valence electrons. The molecule has 0 aromatic heterocycles. The molecule has 1 nitrogen and oxygen atoms in total. The van der Waals surface area contributed by atoms with Crippen LogP contribution in [0.5, 0.6) is 0 Å². The van der Waals surface area contributed by atoms with Crippen molar-refractivity contribution in [2.75, 3.05) is 6.54 Å². The second kappa shape index (κ2) is 4.43. The normalized spacial score (nSPS) is 13.1. The van der Waals surface area contributed by atoms with Gasteiger partial charge in [-0.15, -0.1) is 0 Å². The molecule has 3 heteroatoms. The second-order valence-corrected chi connectivity index (χ2v) is 12.3. The van der Waals surface area contributed by atoms with Gasteiger partial charge in [0.15, 0.2) is 0 Å². The number of hydrogen-bond acceptors (Lipinski definition) is 1. The lowest BCUT2D eigenvalue weighted by atomic mass is 10.8. The van der Waals surface area contributed by atoms with Gasteiger partial charge >= 0.3 is 0 Å². The van der Waals surface area contributed by atoms with E-state index in [1.807, 2.05) is 0 Å². The lowest BCUT2D eigenvalue weighted by Gasteiger charge is -2.38. The van der Waals surface area contributed by atoms with Crippen LogP contribution < -0.4 is 0 Å². The SMILES string of the molecule is CCN([SiH](C)C)[Si](C)(C)CC. The van der Waals surface area contributed by atoms with Gasteiger partial charge < -0.3 is 4.23 Å². The molecule has 0 aliphatic carbocycles. The van der Waals surface area contributed by atoms with E-state index in [1.165, 1.54) is 12.6 Å². The monoisotopic (exact) mass is 189 g/mol. The molecule has 0 aromatic carbocycles. The Morgan fingerprint density at radius 2 is 1.64 bits per heavy atom. The van der Waals surface area contributed by atoms with E-state index in [-0.39, 0.29) is 0 Å². The van der Waals surface area contributed by atoms with Gasteiger partial charge in [-0.3, -0.25) is 0 Å². The zero-order valence-electron chi connectivity index (χ0n) is 8.94. The summed E-state index contributed by atoms with van der Waals surface area (Å²) < 4.78 is 2.81. The minimum Gasteiger partial charge on any atom is -0.348 e. The van der Waals surface area contributed by atoms with Gasteiger partial charge in [0.1, 0.15) is 8.24 Å². The Balaban J connectivity index is 4.23. The van der Waals surface area contributed by atoms with Gasteiger partial charge in [-0.05, 0) is 12.6 Å². The topological polar surface area (TPSA) is 3.24 Å². The molecule has 0 bridgehead atoms. The third kappa shape index (κ3) is 3.09. The molecule has 0 unspecified atom stereocenters. The maximum Gasteiger partial charge on any atom is 0.115 e. The van der Waals surface area contributed by atoms with Crippen LogP contribution in [-0.2, 0) is 0 Å². The van der Waals surface area contributed by atoms with Crippen molar-refractivity contribution in [1.29, 1.82) is 0 Å². The molecule has 0 aromatic rings. The maximum atomic E-state index is 2.81. The van der Waals surface area contributed by atoms with Crippen molar-refractivity contribution in [3.8, 4) is 0 Å². The summed E-state index contributed by atoms with van der Waals surface area (Å²) in [4.78, 5) is 0. The van der Waals surface area contributed by atoms with E-state index in [0.717, 1.165) is 0 Å². The third-order valence-corrected chi connectivity index (χ3v) is 11.5. The van der Waals surface area contributed by atoms with Crippen LogP contribution in [0.3, 0.4) is 0 Å². The quantitative estimate of drug-likeness (QED) is 0.614. The molecule has 0 radical (unpaired) electrons. The van der Waals surface area contributed by atoms with Crippen molar-refractivity contribution in [2.24, 2.45) is 0 Å². The van der Waals surface area contributed by atoms with Gasteiger partial charge in [0.25, 0.3) is 0 Å². The van der Waals surface area contributed by atoms with Gasteiger partial charge in [-0.2, -0.15) is 0 Å².